The Bertz CT molecular complexity index is 809. The number of aromatic amines is 1. The second-order valence-corrected chi connectivity index (χ2v) is 4.81. The van der Waals surface area contributed by atoms with E-state index in [1.807, 2.05) is 0 Å². The van der Waals surface area contributed by atoms with Crippen molar-refractivity contribution in [1.82, 2.24) is 9.55 Å². The van der Waals surface area contributed by atoms with Crippen LogP contribution in [0.2, 0.25) is 0 Å². The second kappa shape index (κ2) is 3.73. The number of benzene rings is 1. The van der Waals surface area contributed by atoms with Gasteiger partial charge < -0.3 is 9.55 Å². The molecule has 0 fully saturated rings. The number of hydrogen-bond acceptors (Lipinski definition) is 1. The van der Waals surface area contributed by atoms with E-state index in [1.54, 1.807) is 6.07 Å². The van der Waals surface area contributed by atoms with E-state index in [-0.39, 0.29) is 5.56 Å². The molecule has 0 unspecified atom stereocenters. The Morgan fingerprint density at radius 2 is 2.00 bits per heavy atom. The number of nitrogens with zero attached hydrogens (tertiary/aromatic N) is 1. The molecule has 3 rings (SSSR count). The number of nitrogens with one attached hydrogen (secondary N) is 1. The van der Waals surface area contributed by atoms with Gasteiger partial charge in [-0.15, -0.1) is 0 Å². The van der Waals surface area contributed by atoms with Crippen molar-refractivity contribution in [3.8, 4) is 0 Å². The van der Waals surface area contributed by atoms with Crippen molar-refractivity contribution in [2.24, 2.45) is 7.05 Å². The number of aromatic nitrogens is 2. The van der Waals surface area contributed by atoms with Gasteiger partial charge in [0.15, 0.2) is 0 Å². The summed E-state index contributed by atoms with van der Waals surface area (Å²) in [5, 5.41) is 2.20. The topological polar surface area (TPSA) is 37.8 Å². The van der Waals surface area contributed by atoms with Crippen molar-refractivity contribution in [3.63, 3.8) is 0 Å². The zero-order chi connectivity index (χ0) is 12.9. The summed E-state index contributed by atoms with van der Waals surface area (Å²) in [7, 11) is 2.06. The highest BCUT2D eigenvalue weighted by molar-refractivity contribution is 6.08. The molecule has 0 atom stereocenters. The number of H-pyrrole nitrogens is 1. The summed E-state index contributed by atoms with van der Waals surface area (Å²) < 4.78 is 2.17. The van der Waals surface area contributed by atoms with E-state index < -0.39 is 0 Å². The lowest BCUT2D eigenvalue weighted by Crippen LogP contribution is -2.08. The van der Waals surface area contributed by atoms with Crippen LogP contribution in [0, 0.1) is 6.92 Å². The van der Waals surface area contributed by atoms with Crippen LogP contribution in [0.25, 0.3) is 21.8 Å². The highest BCUT2D eigenvalue weighted by Crippen LogP contribution is 2.29. The Hall–Kier alpha value is -2.03. The number of fused-ring (bicyclic) bond motifs is 3. The Kier molecular flexibility index (Phi) is 2.30. The van der Waals surface area contributed by atoms with Gasteiger partial charge in [0.1, 0.15) is 0 Å². The van der Waals surface area contributed by atoms with Crippen LogP contribution in [0.3, 0.4) is 0 Å². The summed E-state index contributed by atoms with van der Waals surface area (Å²) in [5.41, 5.74) is 4.54. The molecular weight excluding hydrogens is 224 g/mol. The van der Waals surface area contributed by atoms with Crippen LogP contribution in [0.1, 0.15) is 18.2 Å². The molecule has 0 saturated heterocycles. The third kappa shape index (κ3) is 1.40. The Labute approximate surface area is 105 Å². The molecule has 1 aromatic carbocycles. The van der Waals surface area contributed by atoms with Crippen molar-refractivity contribution in [2.45, 2.75) is 20.3 Å². The van der Waals surface area contributed by atoms with Gasteiger partial charge in [0, 0.05) is 35.1 Å². The van der Waals surface area contributed by atoms with Crippen LogP contribution >= 0.6 is 0 Å². The van der Waals surface area contributed by atoms with E-state index in [9.17, 15) is 4.79 Å². The zero-order valence-corrected chi connectivity index (χ0v) is 10.9. The van der Waals surface area contributed by atoms with E-state index in [0.717, 1.165) is 28.4 Å². The molecule has 2 aromatic heterocycles. The van der Waals surface area contributed by atoms with E-state index in [0.29, 0.717) is 0 Å². The maximum atomic E-state index is 11.7. The number of hydrogen-bond donors (Lipinski definition) is 1. The molecule has 3 nitrogen and oxygen atoms in total. The first-order valence-electron chi connectivity index (χ1n) is 6.22. The largest absolute Gasteiger partial charge is 0.342 e. The van der Waals surface area contributed by atoms with Gasteiger partial charge in [-0.1, -0.05) is 19.1 Å². The van der Waals surface area contributed by atoms with Crippen LogP contribution < -0.4 is 5.56 Å². The Morgan fingerprint density at radius 3 is 2.72 bits per heavy atom. The van der Waals surface area contributed by atoms with Crippen LogP contribution in [0.4, 0.5) is 0 Å². The summed E-state index contributed by atoms with van der Waals surface area (Å²) in [4.78, 5) is 14.7. The maximum Gasteiger partial charge on any atom is 0.248 e. The van der Waals surface area contributed by atoms with Gasteiger partial charge in [-0.2, -0.15) is 0 Å². The van der Waals surface area contributed by atoms with Crippen LogP contribution in [0.15, 0.2) is 29.1 Å². The molecule has 0 saturated carbocycles. The minimum atomic E-state index is -0.0209. The van der Waals surface area contributed by atoms with Crippen molar-refractivity contribution in [1.29, 1.82) is 0 Å². The number of aryl methyl sites for hydroxylation is 3. The zero-order valence-electron chi connectivity index (χ0n) is 10.9. The van der Waals surface area contributed by atoms with Gasteiger partial charge in [0.25, 0.3) is 0 Å². The summed E-state index contributed by atoms with van der Waals surface area (Å²) in [6, 6.07) is 8.06. The highest BCUT2D eigenvalue weighted by atomic mass is 16.1. The van der Waals surface area contributed by atoms with Crippen LogP contribution in [-0.4, -0.2) is 9.55 Å². The van der Waals surface area contributed by atoms with E-state index in [4.69, 9.17) is 0 Å². The summed E-state index contributed by atoms with van der Waals surface area (Å²) >= 11 is 0. The van der Waals surface area contributed by atoms with Gasteiger partial charge in [-0.25, -0.2) is 0 Å². The molecule has 18 heavy (non-hydrogen) atoms. The maximum absolute atomic E-state index is 11.7. The fourth-order valence-electron chi connectivity index (χ4n) is 2.72. The molecule has 2 heterocycles. The molecule has 0 aliphatic rings. The molecule has 3 heteroatoms. The van der Waals surface area contributed by atoms with Crippen molar-refractivity contribution < 1.29 is 0 Å². The van der Waals surface area contributed by atoms with Gasteiger partial charge in [0.05, 0.1) is 5.52 Å². The number of pyridine rings is 1. The predicted octanol–water partition coefficient (Wildman–Crippen LogP) is 2.89. The second-order valence-electron chi connectivity index (χ2n) is 4.81. The molecule has 0 bridgehead atoms. The molecule has 1 N–H and O–H groups in total. The number of rotatable bonds is 1. The first-order chi connectivity index (χ1) is 8.61. The SMILES string of the molecule is CCc1[nH]c(=O)cc2c3ccc(C)cc3n(C)c12. The smallest absolute Gasteiger partial charge is 0.248 e. The van der Waals surface area contributed by atoms with Gasteiger partial charge >= 0.3 is 0 Å². The molecular formula is C15H16N2O. The lowest BCUT2D eigenvalue weighted by atomic mass is 10.1. The van der Waals surface area contributed by atoms with Crippen molar-refractivity contribution in [2.75, 3.05) is 0 Å². The van der Waals surface area contributed by atoms with Gasteiger partial charge in [0.2, 0.25) is 5.56 Å². The average molecular weight is 240 g/mol. The third-order valence-corrected chi connectivity index (χ3v) is 3.58. The van der Waals surface area contributed by atoms with Crippen LogP contribution in [-0.2, 0) is 13.5 Å². The van der Waals surface area contributed by atoms with Gasteiger partial charge in [-0.3, -0.25) is 4.79 Å². The molecule has 0 aliphatic heterocycles. The highest BCUT2D eigenvalue weighted by Gasteiger charge is 2.12. The minimum Gasteiger partial charge on any atom is -0.342 e. The fourth-order valence-corrected chi connectivity index (χ4v) is 2.72. The van der Waals surface area contributed by atoms with Crippen LogP contribution in [0.5, 0.6) is 0 Å². The Morgan fingerprint density at radius 1 is 1.22 bits per heavy atom. The van der Waals surface area contributed by atoms with Gasteiger partial charge in [-0.05, 0) is 25.0 Å². The predicted molar refractivity (Wildman–Crippen MR) is 75.2 cm³/mol. The molecule has 0 radical (unpaired) electrons. The molecule has 92 valence electrons. The summed E-state index contributed by atoms with van der Waals surface area (Å²) in [6.45, 7) is 4.15. The quantitative estimate of drug-likeness (QED) is 0.697. The lowest BCUT2D eigenvalue weighted by molar-refractivity contribution is 0.959. The third-order valence-electron chi connectivity index (χ3n) is 3.58. The van der Waals surface area contributed by atoms with Crippen molar-refractivity contribution >= 4 is 21.8 Å². The molecule has 0 spiro atoms. The summed E-state index contributed by atoms with van der Waals surface area (Å²) in [6.07, 6.45) is 0.829. The first kappa shape index (κ1) is 11.1. The minimum absolute atomic E-state index is 0.0209. The molecule has 3 aromatic rings. The normalized spacial score (nSPS) is 11.5. The Balaban J connectivity index is 2.63. The molecule has 0 amide bonds. The first-order valence-corrected chi connectivity index (χ1v) is 6.22. The molecule has 0 aliphatic carbocycles. The average Bonchev–Trinajstić information content (AvgIpc) is 2.62. The monoisotopic (exact) mass is 240 g/mol. The fraction of sp³-hybridized carbons (Fsp3) is 0.267. The standard InChI is InChI=1S/C15H16N2O/c1-4-12-15-11(8-14(18)16-12)10-6-5-9(2)7-13(10)17(15)3/h5-8H,4H2,1-3H3,(H,16,18). The van der Waals surface area contributed by atoms with Crippen molar-refractivity contribution in [3.05, 3.63) is 45.9 Å². The van der Waals surface area contributed by atoms with E-state index in [2.05, 4.69) is 48.6 Å². The lowest BCUT2D eigenvalue weighted by Gasteiger charge is -2.03. The van der Waals surface area contributed by atoms with E-state index >= 15 is 0 Å². The summed E-state index contributed by atoms with van der Waals surface area (Å²) in [5.74, 6) is 0. The van der Waals surface area contributed by atoms with E-state index in [1.165, 1.54) is 11.1 Å².